The van der Waals surface area contributed by atoms with Crippen LogP contribution in [-0.4, -0.2) is 27.5 Å². The van der Waals surface area contributed by atoms with E-state index in [2.05, 4.69) is 32.8 Å². The molecule has 0 aromatic heterocycles. The van der Waals surface area contributed by atoms with Crippen molar-refractivity contribution in [3.05, 3.63) is 27.8 Å². The van der Waals surface area contributed by atoms with E-state index in [0.29, 0.717) is 6.61 Å². The van der Waals surface area contributed by atoms with Crippen molar-refractivity contribution in [1.29, 1.82) is 0 Å². The molecule has 0 atom stereocenters. The van der Waals surface area contributed by atoms with Crippen LogP contribution in [0.3, 0.4) is 0 Å². The third kappa shape index (κ3) is 5.85. The average molecular weight is 398 g/mol. The van der Waals surface area contributed by atoms with Crippen molar-refractivity contribution < 1.29 is 17.9 Å². The Kier molecular flexibility index (Phi) is 6.69. The van der Waals surface area contributed by atoms with Gasteiger partial charge in [-0.3, -0.25) is 4.79 Å². The molecule has 0 saturated heterocycles. The zero-order chi connectivity index (χ0) is 14.3. The number of benzene rings is 1. The highest BCUT2D eigenvalue weighted by Crippen LogP contribution is 2.11. The molecule has 0 saturated carbocycles. The molecule has 0 fully saturated rings. The van der Waals surface area contributed by atoms with Gasteiger partial charge in [0.1, 0.15) is 0 Å². The Morgan fingerprint density at radius 3 is 2.53 bits per heavy atom. The Bertz CT molecular complexity index is 516. The molecule has 0 heterocycles. The first kappa shape index (κ1) is 16.3. The van der Waals surface area contributed by atoms with E-state index >= 15 is 0 Å². The number of hydrogen-bond acceptors (Lipinski definition) is 5. The normalized spacial score (nSPS) is 11.3. The lowest BCUT2D eigenvalue weighted by Gasteiger charge is -2.08. The molecule has 0 spiro atoms. The van der Waals surface area contributed by atoms with Crippen molar-refractivity contribution in [2.75, 3.05) is 13.2 Å². The maximum Gasteiger partial charge on any atom is 0.307 e. The molecular weight excluding hydrogens is 383 g/mol. The minimum absolute atomic E-state index is 0.100. The second-order valence-corrected chi connectivity index (χ2v) is 6.47. The second kappa shape index (κ2) is 7.78. The third-order valence-electron chi connectivity index (χ3n) is 2.09. The van der Waals surface area contributed by atoms with E-state index in [1.807, 2.05) is 0 Å². The number of halogens is 1. The quantitative estimate of drug-likeness (QED) is 0.310. The van der Waals surface area contributed by atoms with Gasteiger partial charge in [0.25, 0.3) is 10.0 Å². The van der Waals surface area contributed by atoms with Gasteiger partial charge in [-0.2, -0.15) is 0 Å². The molecule has 6 nitrogen and oxygen atoms in total. The molecule has 0 radical (unpaired) electrons. The van der Waals surface area contributed by atoms with Crippen molar-refractivity contribution in [2.45, 2.75) is 18.2 Å². The van der Waals surface area contributed by atoms with E-state index in [1.165, 1.54) is 12.1 Å². The summed E-state index contributed by atoms with van der Waals surface area (Å²) in [5.41, 5.74) is 2.49. The van der Waals surface area contributed by atoms with Crippen LogP contribution in [0.25, 0.3) is 0 Å². The van der Waals surface area contributed by atoms with Crippen molar-refractivity contribution in [3.63, 3.8) is 0 Å². The third-order valence-corrected chi connectivity index (χ3v) is 4.11. The maximum atomic E-state index is 11.8. The fraction of sp³-hybridized carbons (Fsp3) is 0.364. The largest absolute Gasteiger partial charge is 0.466 e. The first-order valence-electron chi connectivity index (χ1n) is 5.61. The summed E-state index contributed by atoms with van der Waals surface area (Å²) in [5.74, 6) is -0.372. The fourth-order valence-corrected chi connectivity index (χ4v) is 2.48. The van der Waals surface area contributed by atoms with Crippen LogP contribution in [0.15, 0.2) is 29.2 Å². The van der Waals surface area contributed by atoms with Gasteiger partial charge in [-0.15, -0.1) is 4.83 Å². The molecular formula is C11H15IN2O4S. The molecule has 0 aliphatic carbocycles. The summed E-state index contributed by atoms with van der Waals surface area (Å²) in [4.78, 5) is 13.4. The Morgan fingerprint density at radius 2 is 1.95 bits per heavy atom. The van der Waals surface area contributed by atoms with Gasteiger partial charge in [-0.25, -0.2) is 13.8 Å². The lowest BCUT2D eigenvalue weighted by atomic mass is 10.4. The topological polar surface area (TPSA) is 84.5 Å². The highest BCUT2D eigenvalue weighted by Gasteiger charge is 2.13. The van der Waals surface area contributed by atoms with Crippen molar-refractivity contribution in [2.24, 2.45) is 0 Å². The molecule has 2 N–H and O–H groups in total. The van der Waals surface area contributed by atoms with E-state index in [9.17, 15) is 13.2 Å². The number of sulfonamides is 1. The zero-order valence-corrected chi connectivity index (χ0v) is 13.3. The minimum atomic E-state index is -3.60. The Morgan fingerprint density at radius 1 is 1.32 bits per heavy atom. The molecule has 8 heteroatoms. The molecule has 106 valence electrons. The second-order valence-electron chi connectivity index (χ2n) is 3.54. The fourth-order valence-electron chi connectivity index (χ4n) is 1.22. The summed E-state index contributed by atoms with van der Waals surface area (Å²) in [6, 6.07) is 6.43. The number of nitrogens with one attached hydrogen (secondary N) is 2. The van der Waals surface area contributed by atoms with E-state index < -0.39 is 10.0 Å². The van der Waals surface area contributed by atoms with Gasteiger partial charge >= 0.3 is 5.97 Å². The number of hydrazine groups is 1. The van der Waals surface area contributed by atoms with E-state index in [0.717, 1.165) is 3.57 Å². The summed E-state index contributed by atoms with van der Waals surface area (Å²) >= 11 is 2.09. The molecule has 1 aromatic rings. The van der Waals surface area contributed by atoms with Crippen molar-refractivity contribution in [3.8, 4) is 0 Å². The number of ether oxygens (including phenoxy) is 1. The predicted octanol–water partition coefficient (Wildman–Crippen LogP) is 1.03. The smallest absolute Gasteiger partial charge is 0.307 e. The molecule has 0 aliphatic heterocycles. The highest BCUT2D eigenvalue weighted by atomic mass is 127. The van der Waals surface area contributed by atoms with Gasteiger partial charge < -0.3 is 4.74 Å². The monoisotopic (exact) mass is 398 g/mol. The number of hydrogen-bond donors (Lipinski definition) is 2. The number of esters is 1. The van der Waals surface area contributed by atoms with Crippen LogP contribution < -0.4 is 10.3 Å². The predicted molar refractivity (Wildman–Crippen MR) is 78.7 cm³/mol. The molecule has 0 unspecified atom stereocenters. The lowest BCUT2D eigenvalue weighted by molar-refractivity contribution is -0.143. The average Bonchev–Trinajstić information content (AvgIpc) is 2.36. The van der Waals surface area contributed by atoms with Gasteiger partial charge in [0, 0.05) is 10.1 Å². The van der Waals surface area contributed by atoms with Gasteiger partial charge in [0.05, 0.1) is 17.9 Å². The molecule has 0 bridgehead atoms. The summed E-state index contributed by atoms with van der Waals surface area (Å²) in [7, 11) is -3.60. The van der Waals surface area contributed by atoms with Crippen molar-refractivity contribution in [1.82, 2.24) is 10.3 Å². The van der Waals surface area contributed by atoms with Gasteiger partial charge in [0.2, 0.25) is 0 Å². The summed E-state index contributed by atoms with van der Waals surface area (Å²) < 4.78 is 29.3. The highest BCUT2D eigenvalue weighted by molar-refractivity contribution is 14.1. The number of carbonyl (C=O) groups is 1. The molecule has 0 amide bonds. The van der Waals surface area contributed by atoms with Gasteiger partial charge in [-0.1, -0.05) is 0 Å². The first-order chi connectivity index (χ1) is 8.95. The Balaban J connectivity index is 2.43. The summed E-state index contributed by atoms with van der Waals surface area (Å²) in [5, 5.41) is 0. The zero-order valence-electron chi connectivity index (χ0n) is 10.3. The molecule has 19 heavy (non-hydrogen) atoms. The maximum absolute atomic E-state index is 11.8. The van der Waals surface area contributed by atoms with Crippen LogP contribution >= 0.6 is 22.6 Å². The molecule has 1 rings (SSSR count). The van der Waals surface area contributed by atoms with Crippen LogP contribution in [0.5, 0.6) is 0 Å². The molecule has 1 aromatic carbocycles. The van der Waals surface area contributed by atoms with E-state index in [-0.39, 0.29) is 23.8 Å². The van der Waals surface area contributed by atoms with Crippen LogP contribution in [0.1, 0.15) is 13.3 Å². The van der Waals surface area contributed by atoms with Crippen LogP contribution in [0.2, 0.25) is 0 Å². The number of rotatable bonds is 7. The minimum Gasteiger partial charge on any atom is -0.466 e. The van der Waals surface area contributed by atoms with Crippen LogP contribution in [-0.2, 0) is 19.6 Å². The van der Waals surface area contributed by atoms with Gasteiger partial charge in [-0.05, 0) is 53.8 Å². The summed E-state index contributed by atoms with van der Waals surface area (Å²) in [6.07, 6.45) is 0.100. The van der Waals surface area contributed by atoms with Gasteiger partial charge in [0.15, 0.2) is 0 Å². The van der Waals surface area contributed by atoms with Crippen LogP contribution in [0, 0.1) is 3.57 Å². The number of carbonyl (C=O) groups excluding carboxylic acids is 1. The lowest BCUT2D eigenvalue weighted by Crippen LogP contribution is -2.38. The first-order valence-corrected chi connectivity index (χ1v) is 8.17. The standard InChI is InChI=1S/C11H15IN2O4S/c1-2-18-11(15)7-8-13-14-19(16,17)10-5-3-9(12)4-6-10/h3-6,13-14H,2,7-8H2,1H3. The Labute approximate surface area is 126 Å². The van der Waals surface area contributed by atoms with E-state index in [1.54, 1.807) is 19.1 Å². The molecule has 0 aliphatic rings. The SMILES string of the molecule is CCOC(=O)CCNNS(=O)(=O)c1ccc(I)cc1. The Hall–Kier alpha value is -0.710. The van der Waals surface area contributed by atoms with E-state index in [4.69, 9.17) is 4.74 Å². The van der Waals surface area contributed by atoms with Crippen molar-refractivity contribution >= 4 is 38.6 Å². The summed E-state index contributed by atoms with van der Waals surface area (Å²) in [6.45, 7) is 2.19. The van der Waals surface area contributed by atoms with Crippen LogP contribution in [0.4, 0.5) is 0 Å².